The molecule has 1 aromatic carbocycles. The van der Waals surface area contributed by atoms with Crippen LogP contribution in [0.2, 0.25) is 0 Å². The van der Waals surface area contributed by atoms with Crippen molar-refractivity contribution in [1.82, 2.24) is 5.32 Å². The van der Waals surface area contributed by atoms with Crippen molar-refractivity contribution in [3.8, 4) is 0 Å². The van der Waals surface area contributed by atoms with Gasteiger partial charge < -0.3 is 10.4 Å². The van der Waals surface area contributed by atoms with Crippen LogP contribution >= 0.6 is 15.9 Å². The summed E-state index contributed by atoms with van der Waals surface area (Å²) in [6, 6.07) is 4.20. The van der Waals surface area contributed by atoms with Gasteiger partial charge in [0.05, 0.1) is 15.5 Å². The van der Waals surface area contributed by atoms with Gasteiger partial charge in [-0.05, 0) is 53.7 Å². The zero-order valence-corrected chi connectivity index (χ0v) is 12.3. The molecule has 6 nitrogen and oxygen atoms in total. The number of hydrogen-bond donors (Lipinski definition) is 2. The average Bonchev–Trinajstić information content (AvgIpc) is 2.38. The van der Waals surface area contributed by atoms with E-state index in [4.69, 9.17) is 0 Å². The maximum absolute atomic E-state index is 12.1. The molecule has 1 aromatic rings. The van der Waals surface area contributed by atoms with Crippen LogP contribution in [0.3, 0.4) is 0 Å². The Kier molecular flexibility index (Phi) is 4.72. The number of aliphatic hydroxyl groups excluding tert-OH is 1. The highest BCUT2D eigenvalue weighted by atomic mass is 79.9. The molecule has 1 fully saturated rings. The summed E-state index contributed by atoms with van der Waals surface area (Å²) in [7, 11) is 0. The van der Waals surface area contributed by atoms with E-state index in [-0.39, 0.29) is 29.3 Å². The summed E-state index contributed by atoms with van der Waals surface area (Å²) < 4.78 is 0.340. The topological polar surface area (TPSA) is 92.5 Å². The van der Waals surface area contributed by atoms with Crippen LogP contribution in [0.15, 0.2) is 22.7 Å². The Labute approximate surface area is 124 Å². The Morgan fingerprint density at radius 1 is 1.45 bits per heavy atom. The van der Waals surface area contributed by atoms with Gasteiger partial charge >= 0.3 is 0 Å². The smallest absolute Gasteiger partial charge is 0.284 e. The minimum Gasteiger partial charge on any atom is -0.393 e. The Balaban J connectivity index is 2.09. The fourth-order valence-electron chi connectivity index (χ4n) is 2.36. The van der Waals surface area contributed by atoms with E-state index in [9.17, 15) is 20.0 Å². The number of nitro groups is 1. The number of rotatable bonds is 3. The van der Waals surface area contributed by atoms with E-state index in [0.717, 1.165) is 19.3 Å². The molecule has 20 heavy (non-hydrogen) atoms. The normalized spacial score (nSPS) is 22.3. The van der Waals surface area contributed by atoms with E-state index in [1.165, 1.54) is 18.2 Å². The SMILES string of the molecule is O=C(NC1CCCC(O)C1)c1ccc(Br)c([N+](=O)[O-])c1. The number of benzene rings is 1. The maximum atomic E-state index is 12.1. The van der Waals surface area contributed by atoms with Crippen molar-refractivity contribution in [1.29, 1.82) is 0 Å². The van der Waals surface area contributed by atoms with E-state index in [1.807, 2.05) is 0 Å². The second-order valence-corrected chi connectivity index (χ2v) is 5.77. The van der Waals surface area contributed by atoms with Crippen LogP contribution in [0.5, 0.6) is 0 Å². The summed E-state index contributed by atoms with van der Waals surface area (Å²) in [5.41, 5.74) is 0.112. The standard InChI is InChI=1S/C13H15BrN2O4/c14-11-5-4-8(6-12(11)16(19)20)13(18)15-9-2-1-3-10(17)7-9/h4-6,9-10,17H,1-3,7H2,(H,15,18). The van der Waals surface area contributed by atoms with Crippen molar-refractivity contribution in [2.45, 2.75) is 37.8 Å². The summed E-state index contributed by atoms with van der Waals surface area (Å²) in [5.74, 6) is -0.347. The minimum atomic E-state index is -0.536. The summed E-state index contributed by atoms with van der Waals surface area (Å²) in [6.45, 7) is 0. The molecule has 2 rings (SSSR count). The highest BCUT2D eigenvalue weighted by molar-refractivity contribution is 9.10. The molecule has 2 unspecified atom stereocenters. The van der Waals surface area contributed by atoms with Crippen LogP contribution in [0.4, 0.5) is 5.69 Å². The number of nitrogens with zero attached hydrogens (tertiary/aromatic N) is 1. The van der Waals surface area contributed by atoms with Crippen molar-refractivity contribution in [3.63, 3.8) is 0 Å². The molecule has 1 saturated carbocycles. The lowest BCUT2D eigenvalue weighted by Gasteiger charge is -2.26. The number of halogens is 1. The van der Waals surface area contributed by atoms with E-state index in [0.29, 0.717) is 10.9 Å². The van der Waals surface area contributed by atoms with Crippen LogP contribution in [-0.4, -0.2) is 28.1 Å². The Bertz CT molecular complexity index is 535. The second kappa shape index (κ2) is 6.32. The van der Waals surface area contributed by atoms with Gasteiger partial charge in [-0.25, -0.2) is 0 Å². The van der Waals surface area contributed by atoms with E-state index < -0.39 is 4.92 Å². The first-order valence-electron chi connectivity index (χ1n) is 6.40. The van der Waals surface area contributed by atoms with Crippen LogP contribution < -0.4 is 5.32 Å². The Hall–Kier alpha value is -1.47. The molecule has 0 saturated heterocycles. The molecule has 2 N–H and O–H groups in total. The second-order valence-electron chi connectivity index (χ2n) is 4.91. The van der Waals surface area contributed by atoms with Gasteiger partial charge in [-0.3, -0.25) is 14.9 Å². The number of nitrogens with one attached hydrogen (secondary N) is 1. The molecule has 0 radical (unpaired) electrons. The van der Waals surface area contributed by atoms with E-state index in [1.54, 1.807) is 0 Å². The molecular formula is C13H15BrN2O4. The van der Waals surface area contributed by atoms with Crippen molar-refractivity contribution in [3.05, 3.63) is 38.3 Å². The molecule has 1 amide bonds. The molecular weight excluding hydrogens is 328 g/mol. The van der Waals surface area contributed by atoms with Crippen LogP contribution in [0.25, 0.3) is 0 Å². The van der Waals surface area contributed by atoms with E-state index in [2.05, 4.69) is 21.2 Å². The number of hydrogen-bond acceptors (Lipinski definition) is 4. The molecule has 7 heteroatoms. The van der Waals surface area contributed by atoms with Crippen molar-refractivity contribution in [2.24, 2.45) is 0 Å². The lowest BCUT2D eigenvalue weighted by atomic mass is 9.93. The van der Waals surface area contributed by atoms with Crippen LogP contribution in [0, 0.1) is 10.1 Å². The number of aliphatic hydroxyl groups is 1. The molecule has 108 valence electrons. The fraction of sp³-hybridized carbons (Fsp3) is 0.462. The minimum absolute atomic E-state index is 0.0750. The lowest BCUT2D eigenvalue weighted by molar-refractivity contribution is -0.385. The van der Waals surface area contributed by atoms with Gasteiger partial charge in [0.15, 0.2) is 0 Å². The quantitative estimate of drug-likeness (QED) is 0.651. The van der Waals surface area contributed by atoms with Crippen molar-refractivity contribution < 1.29 is 14.8 Å². The van der Waals surface area contributed by atoms with Crippen molar-refractivity contribution in [2.75, 3.05) is 0 Å². The van der Waals surface area contributed by atoms with Gasteiger partial charge in [0.25, 0.3) is 11.6 Å². The molecule has 0 aliphatic heterocycles. The van der Waals surface area contributed by atoms with Crippen LogP contribution in [0.1, 0.15) is 36.0 Å². The molecule has 1 aliphatic rings. The summed E-state index contributed by atoms with van der Waals surface area (Å²) in [5, 5.41) is 23.2. The average molecular weight is 343 g/mol. The Morgan fingerprint density at radius 3 is 2.85 bits per heavy atom. The molecule has 0 bridgehead atoms. The van der Waals surface area contributed by atoms with Gasteiger partial charge in [0, 0.05) is 17.7 Å². The molecule has 0 aromatic heterocycles. The monoisotopic (exact) mass is 342 g/mol. The van der Waals surface area contributed by atoms with Crippen LogP contribution in [-0.2, 0) is 0 Å². The predicted molar refractivity (Wildman–Crippen MR) is 76.5 cm³/mol. The summed E-state index contributed by atoms with van der Waals surface area (Å²) in [6.07, 6.45) is 2.60. The third kappa shape index (κ3) is 3.55. The fourth-order valence-corrected chi connectivity index (χ4v) is 2.75. The molecule has 1 aliphatic carbocycles. The predicted octanol–water partition coefficient (Wildman–Crippen LogP) is 2.39. The highest BCUT2D eigenvalue weighted by Gasteiger charge is 2.23. The number of amides is 1. The first-order chi connectivity index (χ1) is 9.47. The van der Waals surface area contributed by atoms with Gasteiger partial charge in [-0.2, -0.15) is 0 Å². The van der Waals surface area contributed by atoms with E-state index >= 15 is 0 Å². The van der Waals surface area contributed by atoms with Crippen molar-refractivity contribution >= 4 is 27.5 Å². The zero-order chi connectivity index (χ0) is 14.7. The number of nitro benzene ring substituents is 1. The maximum Gasteiger partial charge on any atom is 0.284 e. The Morgan fingerprint density at radius 2 is 2.20 bits per heavy atom. The first kappa shape index (κ1) is 14.9. The molecule has 0 spiro atoms. The van der Waals surface area contributed by atoms with Gasteiger partial charge in [0.1, 0.15) is 0 Å². The number of carbonyl (C=O) groups excluding carboxylic acids is 1. The van der Waals surface area contributed by atoms with Gasteiger partial charge in [-0.15, -0.1) is 0 Å². The largest absolute Gasteiger partial charge is 0.393 e. The summed E-state index contributed by atoms with van der Waals surface area (Å²) in [4.78, 5) is 22.4. The molecule has 0 heterocycles. The van der Waals surface area contributed by atoms with Gasteiger partial charge in [-0.1, -0.05) is 0 Å². The summed E-state index contributed by atoms with van der Waals surface area (Å²) >= 11 is 3.08. The number of carbonyl (C=O) groups is 1. The molecule has 2 atom stereocenters. The lowest BCUT2D eigenvalue weighted by Crippen LogP contribution is -2.39. The highest BCUT2D eigenvalue weighted by Crippen LogP contribution is 2.26. The zero-order valence-electron chi connectivity index (χ0n) is 10.7. The third-order valence-corrected chi connectivity index (χ3v) is 4.06. The third-order valence-electron chi connectivity index (χ3n) is 3.39. The van der Waals surface area contributed by atoms with Gasteiger partial charge in [0.2, 0.25) is 0 Å². The first-order valence-corrected chi connectivity index (χ1v) is 7.19.